The van der Waals surface area contributed by atoms with Crippen LogP contribution >= 0.6 is 0 Å². The topological polar surface area (TPSA) is 80.2 Å². The quantitative estimate of drug-likeness (QED) is 0.865. The summed E-state index contributed by atoms with van der Waals surface area (Å²) in [4.78, 5) is 26.9. The van der Waals surface area contributed by atoms with E-state index in [4.69, 9.17) is 4.74 Å². The van der Waals surface area contributed by atoms with Gasteiger partial charge in [0.2, 0.25) is 11.9 Å². The number of halogens is 1. The highest BCUT2D eigenvalue weighted by molar-refractivity contribution is 5.77. The summed E-state index contributed by atoms with van der Waals surface area (Å²) in [6, 6.07) is 5.62. The van der Waals surface area contributed by atoms with E-state index in [9.17, 15) is 9.18 Å². The van der Waals surface area contributed by atoms with Gasteiger partial charge in [-0.1, -0.05) is 6.07 Å². The molecule has 1 amide bonds. The lowest BCUT2D eigenvalue weighted by atomic mass is 9.78. The van der Waals surface area contributed by atoms with Crippen molar-refractivity contribution in [2.24, 2.45) is 11.3 Å². The summed E-state index contributed by atoms with van der Waals surface area (Å²) in [5.74, 6) is 0.249. The average Bonchev–Trinajstić information content (AvgIpc) is 3.18. The number of fused-ring (bicyclic) bond motifs is 1. The van der Waals surface area contributed by atoms with Gasteiger partial charge < -0.3 is 15.0 Å². The number of carbonyl (C=O) groups is 1. The van der Waals surface area contributed by atoms with Crippen molar-refractivity contribution in [3.05, 3.63) is 48.3 Å². The van der Waals surface area contributed by atoms with E-state index in [0.29, 0.717) is 45.2 Å². The molecule has 4 rings (SSSR count). The molecule has 4 heterocycles. The zero-order chi connectivity index (χ0) is 18.0. The normalized spacial score (nSPS) is 24.5. The number of pyridine rings is 1. The molecule has 8 heteroatoms. The van der Waals surface area contributed by atoms with Gasteiger partial charge in [0.1, 0.15) is 0 Å². The molecule has 0 aromatic carbocycles. The van der Waals surface area contributed by atoms with Crippen LogP contribution in [0.25, 0.3) is 0 Å². The van der Waals surface area contributed by atoms with Crippen molar-refractivity contribution in [2.75, 3.05) is 31.2 Å². The number of carbonyl (C=O) groups excluding carboxylic acids is 1. The lowest BCUT2D eigenvalue weighted by Crippen LogP contribution is -2.37. The van der Waals surface area contributed by atoms with Crippen LogP contribution in [0.4, 0.5) is 10.3 Å². The van der Waals surface area contributed by atoms with Crippen LogP contribution in [0.5, 0.6) is 0 Å². The van der Waals surface area contributed by atoms with Gasteiger partial charge in [0, 0.05) is 37.0 Å². The molecule has 2 saturated heterocycles. The zero-order valence-electron chi connectivity index (χ0n) is 14.3. The molecule has 2 aliphatic heterocycles. The van der Waals surface area contributed by atoms with E-state index in [1.807, 2.05) is 23.1 Å². The largest absolute Gasteiger partial charge is 0.380 e. The van der Waals surface area contributed by atoms with Crippen molar-refractivity contribution in [1.82, 2.24) is 20.3 Å². The van der Waals surface area contributed by atoms with Gasteiger partial charge in [0.05, 0.1) is 37.8 Å². The SMILES string of the molecule is O=C(C[C@]12COC[C@H]1CN(c1ncc(F)cn1)C2)NCc1ccccn1. The van der Waals surface area contributed by atoms with E-state index in [1.165, 1.54) is 12.4 Å². The molecule has 2 aromatic heterocycles. The predicted molar refractivity (Wildman–Crippen MR) is 91.6 cm³/mol. The third-order valence-corrected chi connectivity index (χ3v) is 5.12. The van der Waals surface area contributed by atoms with Crippen molar-refractivity contribution < 1.29 is 13.9 Å². The Bertz CT molecular complexity index is 773. The minimum absolute atomic E-state index is 0.0203. The standard InChI is InChI=1S/C18H20FN5O2/c19-14-6-22-17(23-7-14)24-9-13-10-26-12-18(13,11-24)5-16(25)21-8-15-3-1-2-4-20-15/h1-4,6-7,13H,5,8-12H2,(H,21,25)/t13-,18+/m1/s1. The first-order chi connectivity index (χ1) is 12.6. The predicted octanol–water partition coefficient (Wildman–Crippen LogP) is 1.17. The van der Waals surface area contributed by atoms with Crippen molar-refractivity contribution in [1.29, 1.82) is 0 Å². The van der Waals surface area contributed by atoms with Crippen LogP contribution in [-0.2, 0) is 16.1 Å². The van der Waals surface area contributed by atoms with Gasteiger partial charge in [-0.3, -0.25) is 9.78 Å². The third-order valence-electron chi connectivity index (χ3n) is 5.12. The molecule has 2 aliphatic rings. The molecule has 0 radical (unpaired) electrons. The van der Waals surface area contributed by atoms with Crippen molar-refractivity contribution in [3.8, 4) is 0 Å². The first kappa shape index (κ1) is 16.8. The summed E-state index contributed by atoms with van der Waals surface area (Å²) >= 11 is 0. The van der Waals surface area contributed by atoms with E-state index in [-0.39, 0.29) is 17.2 Å². The maximum absolute atomic E-state index is 13.1. The smallest absolute Gasteiger partial charge is 0.225 e. The Morgan fingerprint density at radius 3 is 2.96 bits per heavy atom. The maximum atomic E-state index is 13.1. The molecule has 0 unspecified atom stereocenters. The molecular formula is C18H20FN5O2. The van der Waals surface area contributed by atoms with Gasteiger partial charge in [-0.25, -0.2) is 14.4 Å². The number of hydrogen-bond acceptors (Lipinski definition) is 6. The molecule has 0 aliphatic carbocycles. The minimum atomic E-state index is -0.458. The third kappa shape index (κ3) is 3.37. The highest BCUT2D eigenvalue weighted by atomic mass is 19.1. The minimum Gasteiger partial charge on any atom is -0.380 e. The van der Waals surface area contributed by atoms with Gasteiger partial charge in [0.15, 0.2) is 5.82 Å². The van der Waals surface area contributed by atoms with Gasteiger partial charge in [0.25, 0.3) is 0 Å². The summed E-state index contributed by atoms with van der Waals surface area (Å²) in [5, 5.41) is 2.94. The summed E-state index contributed by atoms with van der Waals surface area (Å²) in [6.07, 6.45) is 4.42. The van der Waals surface area contributed by atoms with Gasteiger partial charge in [-0.05, 0) is 12.1 Å². The molecule has 2 aromatic rings. The van der Waals surface area contributed by atoms with Crippen molar-refractivity contribution >= 4 is 11.9 Å². The molecule has 1 N–H and O–H groups in total. The summed E-state index contributed by atoms with van der Waals surface area (Å²) < 4.78 is 18.7. The first-order valence-corrected chi connectivity index (χ1v) is 8.61. The fraction of sp³-hybridized carbons (Fsp3) is 0.444. The molecule has 2 fully saturated rings. The van der Waals surface area contributed by atoms with Crippen LogP contribution in [-0.4, -0.2) is 47.2 Å². The van der Waals surface area contributed by atoms with Crippen LogP contribution in [0.3, 0.4) is 0 Å². The van der Waals surface area contributed by atoms with E-state index >= 15 is 0 Å². The Morgan fingerprint density at radius 1 is 1.35 bits per heavy atom. The number of hydrogen-bond donors (Lipinski definition) is 1. The number of nitrogens with one attached hydrogen (secondary N) is 1. The van der Waals surface area contributed by atoms with Crippen LogP contribution in [0.15, 0.2) is 36.8 Å². The highest BCUT2D eigenvalue weighted by Gasteiger charge is 2.52. The molecule has 7 nitrogen and oxygen atoms in total. The zero-order valence-corrected chi connectivity index (χ0v) is 14.3. The number of amides is 1. The van der Waals surface area contributed by atoms with E-state index in [2.05, 4.69) is 20.3 Å². The number of rotatable bonds is 5. The Balaban J connectivity index is 1.41. The molecular weight excluding hydrogens is 337 g/mol. The fourth-order valence-electron chi connectivity index (χ4n) is 3.78. The summed E-state index contributed by atoms with van der Waals surface area (Å²) in [6.45, 7) is 2.89. The number of ether oxygens (including phenoxy) is 1. The second-order valence-electron chi connectivity index (χ2n) is 6.93. The molecule has 0 saturated carbocycles. The van der Waals surface area contributed by atoms with Gasteiger partial charge in [-0.15, -0.1) is 0 Å². The molecule has 2 atom stereocenters. The Kier molecular flexibility index (Phi) is 4.50. The number of anilines is 1. The molecule has 0 spiro atoms. The Morgan fingerprint density at radius 2 is 2.19 bits per heavy atom. The van der Waals surface area contributed by atoms with Crippen LogP contribution < -0.4 is 10.2 Å². The van der Waals surface area contributed by atoms with Crippen LogP contribution in [0.2, 0.25) is 0 Å². The Labute approximate surface area is 150 Å². The van der Waals surface area contributed by atoms with E-state index in [1.54, 1.807) is 6.20 Å². The fourth-order valence-corrected chi connectivity index (χ4v) is 3.78. The van der Waals surface area contributed by atoms with E-state index < -0.39 is 5.82 Å². The van der Waals surface area contributed by atoms with Crippen LogP contribution in [0.1, 0.15) is 12.1 Å². The summed E-state index contributed by atoms with van der Waals surface area (Å²) in [5.41, 5.74) is 0.566. The summed E-state index contributed by atoms with van der Waals surface area (Å²) in [7, 11) is 0. The average molecular weight is 357 g/mol. The lowest BCUT2D eigenvalue weighted by molar-refractivity contribution is -0.123. The molecule has 26 heavy (non-hydrogen) atoms. The van der Waals surface area contributed by atoms with Crippen LogP contribution in [0, 0.1) is 17.2 Å². The highest BCUT2D eigenvalue weighted by Crippen LogP contribution is 2.44. The maximum Gasteiger partial charge on any atom is 0.225 e. The Hall–Kier alpha value is -2.61. The van der Waals surface area contributed by atoms with Crippen molar-refractivity contribution in [3.63, 3.8) is 0 Å². The van der Waals surface area contributed by atoms with Gasteiger partial charge in [-0.2, -0.15) is 0 Å². The van der Waals surface area contributed by atoms with Crippen molar-refractivity contribution in [2.45, 2.75) is 13.0 Å². The number of nitrogens with zero attached hydrogens (tertiary/aromatic N) is 4. The second kappa shape index (κ2) is 6.95. The first-order valence-electron chi connectivity index (χ1n) is 8.61. The van der Waals surface area contributed by atoms with Gasteiger partial charge >= 0.3 is 0 Å². The second-order valence-corrected chi connectivity index (χ2v) is 6.93. The molecule has 0 bridgehead atoms. The monoisotopic (exact) mass is 357 g/mol. The number of aromatic nitrogens is 3. The molecule has 136 valence electrons. The lowest BCUT2D eigenvalue weighted by Gasteiger charge is -2.26. The van der Waals surface area contributed by atoms with E-state index in [0.717, 1.165) is 5.69 Å².